The molecule has 1 N–H and O–H groups in total. The maximum atomic E-state index is 13.4. The van der Waals surface area contributed by atoms with Gasteiger partial charge in [-0.05, 0) is 42.8 Å². The number of fused-ring (bicyclic) bond motifs is 2. The molecule has 0 saturated carbocycles. The molecular formula is C27H23ClF3N5O2. The second-order valence-corrected chi connectivity index (χ2v) is 9.36. The molecule has 2 aromatic heterocycles. The fourth-order valence-corrected chi connectivity index (χ4v) is 4.75. The summed E-state index contributed by atoms with van der Waals surface area (Å²) in [5, 5.41) is 3.88. The molecule has 1 amide bonds. The number of rotatable bonds is 5. The second kappa shape index (κ2) is 10.1. The van der Waals surface area contributed by atoms with E-state index < -0.39 is 17.2 Å². The number of benzene rings is 2. The molecule has 1 aliphatic heterocycles. The summed E-state index contributed by atoms with van der Waals surface area (Å²) in [4.78, 5) is 37.2. The van der Waals surface area contributed by atoms with E-state index in [1.165, 1.54) is 16.7 Å². The number of pyridine rings is 1. The van der Waals surface area contributed by atoms with Gasteiger partial charge in [-0.2, -0.15) is 13.2 Å². The molecule has 0 fully saturated rings. The van der Waals surface area contributed by atoms with Gasteiger partial charge in [0, 0.05) is 36.7 Å². The minimum Gasteiger partial charge on any atom is -0.335 e. The van der Waals surface area contributed by atoms with Crippen LogP contribution < -0.4 is 10.9 Å². The van der Waals surface area contributed by atoms with Crippen LogP contribution in [-0.4, -0.2) is 31.9 Å². The number of hydrogen-bond donors (Lipinski definition) is 1. The molecule has 38 heavy (non-hydrogen) atoms. The zero-order valence-electron chi connectivity index (χ0n) is 20.3. The summed E-state index contributed by atoms with van der Waals surface area (Å²) in [6.07, 6.45) is -2.41. The van der Waals surface area contributed by atoms with Crippen molar-refractivity contribution in [2.45, 2.75) is 38.1 Å². The Kier molecular flexibility index (Phi) is 6.83. The molecule has 0 spiro atoms. The van der Waals surface area contributed by atoms with Gasteiger partial charge in [0.2, 0.25) is 5.95 Å². The number of amides is 1. The summed E-state index contributed by atoms with van der Waals surface area (Å²) in [6.45, 7) is 2.54. The Morgan fingerprint density at radius 1 is 1.16 bits per heavy atom. The predicted molar refractivity (Wildman–Crippen MR) is 138 cm³/mol. The van der Waals surface area contributed by atoms with Gasteiger partial charge >= 0.3 is 6.18 Å². The Bertz CT molecular complexity index is 1570. The van der Waals surface area contributed by atoms with Gasteiger partial charge in [-0.3, -0.25) is 19.1 Å². The highest BCUT2D eigenvalue weighted by atomic mass is 35.5. The Labute approximate surface area is 220 Å². The molecule has 7 nitrogen and oxygen atoms in total. The monoisotopic (exact) mass is 541 g/mol. The summed E-state index contributed by atoms with van der Waals surface area (Å²) in [6, 6.07) is 13.6. The third-order valence-corrected chi connectivity index (χ3v) is 6.92. The van der Waals surface area contributed by atoms with Crippen LogP contribution in [0.25, 0.3) is 10.9 Å². The molecule has 0 saturated heterocycles. The van der Waals surface area contributed by atoms with Gasteiger partial charge in [0.15, 0.2) is 0 Å². The lowest BCUT2D eigenvalue weighted by Gasteiger charge is -2.29. The summed E-state index contributed by atoms with van der Waals surface area (Å²) < 4.78 is 40.1. The lowest BCUT2D eigenvalue weighted by Crippen LogP contribution is -2.41. The van der Waals surface area contributed by atoms with Gasteiger partial charge in [-0.15, -0.1) is 0 Å². The van der Waals surface area contributed by atoms with Gasteiger partial charge in [0.25, 0.3) is 11.5 Å². The van der Waals surface area contributed by atoms with Gasteiger partial charge in [0.1, 0.15) is 5.50 Å². The Morgan fingerprint density at radius 3 is 2.63 bits per heavy atom. The standard InChI is InChI=1S/C27H23ClF3N5O2/c1-2-36-25(38)20-15-35(24(37)18-6-5-16-4-3-12-32-22(16)14-18)13-11-21(20)33-26(36)34-23(28)17-7-9-19(10-8-17)27(29,30)31/h3-10,12,14,23H,2,11,13,15H2,1H3,(H,33,34). The smallest absolute Gasteiger partial charge is 0.335 e. The minimum atomic E-state index is -4.45. The molecule has 11 heteroatoms. The highest BCUT2D eigenvalue weighted by Gasteiger charge is 2.31. The predicted octanol–water partition coefficient (Wildman–Crippen LogP) is 5.38. The van der Waals surface area contributed by atoms with Crippen molar-refractivity contribution in [3.63, 3.8) is 0 Å². The highest BCUT2D eigenvalue weighted by molar-refractivity contribution is 6.21. The number of aromatic nitrogens is 3. The van der Waals surface area contributed by atoms with Crippen LogP contribution in [0.1, 0.15) is 45.2 Å². The van der Waals surface area contributed by atoms with E-state index in [4.69, 9.17) is 11.6 Å². The quantitative estimate of drug-likeness (QED) is 0.271. The number of anilines is 1. The lowest BCUT2D eigenvalue weighted by molar-refractivity contribution is -0.137. The number of carbonyl (C=O) groups is 1. The lowest BCUT2D eigenvalue weighted by atomic mass is 10.0. The number of alkyl halides is 4. The third kappa shape index (κ3) is 4.96. The van der Waals surface area contributed by atoms with Crippen molar-refractivity contribution in [2.24, 2.45) is 0 Å². The Balaban J connectivity index is 1.38. The van der Waals surface area contributed by atoms with Crippen LogP contribution >= 0.6 is 11.6 Å². The minimum absolute atomic E-state index is 0.115. The first-order valence-corrected chi connectivity index (χ1v) is 12.4. The number of carbonyl (C=O) groups excluding carboxylic acids is 1. The Hall–Kier alpha value is -3.92. The van der Waals surface area contributed by atoms with Crippen LogP contribution in [0.2, 0.25) is 0 Å². The summed E-state index contributed by atoms with van der Waals surface area (Å²) in [5.74, 6) is 0.0208. The number of nitrogens with one attached hydrogen (secondary N) is 1. The first kappa shape index (κ1) is 25.7. The average Bonchev–Trinajstić information content (AvgIpc) is 2.92. The molecule has 196 valence electrons. The van der Waals surface area contributed by atoms with E-state index in [1.54, 1.807) is 30.2 Å². The van der Waals surface area contributed by atoms with Crippen molar-refractivity contribution >= 4 is 34.4 Å². The van der Waals surface area contributed by atoms with Gasteiger partial charge in [0.05, 0.1) is 28.9 Å². The number of halogens is 4. The molecule has 2 aromatic carbocycles. The van der Waals surface area contributed by atoms with Crippen LogP contribution in [0.4, 0.5) is 19.1 Å². The van der Waals surface area contributed by atoms with Gasteiger partial charge in [-0.25, -0.2) is 4.98 Å². The number of nitrogens with zero attached hydrogens (tertiary/aromatic N) is 4. The third-order valence-electron chi connectivity index (χ3n) is 6.56. The van der Waals surface area contributed by atoms with Crippen molar-refractivity contribution in [2.75, 3.05) is 11.9 Å². The average molecular weight is 542 g/mol. The van der Waals surface area contributed by atoms with Crippen molar-refractivity contribution < 1.29 is 18.0 Å². The van der Waals surface area contributed by atoms with E-state index >= 15 is 0 Å². The van der Waals surface area contributed by atoms with E-state index in [1.807, 2.05) is 18.2 Å². The van der Waals surface area contributed by atoms with Gasteiger partial charge in [-0.1, -0.05) is 35.9 Å². The topological polar surface area (TPSA) is 80.1 Å². The van der Waals surface area contributed by atoms with Crippen LogP contribution in [-0.2, 0) is 25.7 Å². The van der Waals surface area contributed by atoms with Crippen LogP contribution in [0, 0.1) is 0 Å². The fourth-order valence-electron chi connectivity index (χ4n) is 4.51. The highest BCUT2D eigenvalue weighted by Crippen LogP contribution is 2.31. The molecule has 1 aliphatic rings. The maximum absolute atomic E-state index is 13.4. The maximum Gasteiger partial charge on any atom is 0.416 e. The van der Waals surface area contributed by atoms with Crippen LogP contribution in [0.5, 0.6) is 0 Å². The summed E-state index contributed by atoms with van der Waals surface area (Å²) in [5.41, 5.74) is 0.599. The summed E-state index contributed by atoms with van der Waals surface area (Å²) in [7, 11) is 0. The van der Waals surface area contributed by atoms with E-state index in [-0.39, 0.29) is 30.5 Å². The fraction of sp³-hybridized carbons (Fsp3) is 0.259. The Morgan fingerprint density at radius 2 is 1.92 bits per heavy atom. The zero-order valence-corrected chi connectivity index (χ0v) is 21.1. The SMILES string of the molecule is CCn1c(NC(Cl)c2ccc(C(F)(F)F)cc2)nc2c(c1=O)CN(C(=O)c1ccc3cccnc3c1)CC2. The van der Waals surface area contributed by atoms with Crippen LogP contribution in [0.15, 0.2) is 65.6 Å². The molecule has 0 aliphatic carbocycles. The van der Waals surface area contributed by atoms with Crippen LogP contribution in [0.3, 0.4) is 0 Å². The normalized spacial score (nSPS) is 14.3. The first-order valence-electron chi connectivity index (χ1n) is 12.0. The molecule has 0 radical (unpaired) electrons. The first-order chi connectivity index (χ1) is 18.2. The molecule has 1 atom stereocenters. The molecule has 0 bridgehead atoms. The van der Waals surface area contributed by atoms with Crippen molar-refractivity contribution in [1.82, 2.24) is 19.4 Å². The zero-order chi connectivity index (χ0) is 27.0. The largest absolute Gasteiger partial charge is 0.416 e. The molecular weight excluding hydrogens is 519 g/mol. The van der Waals surface area contributed by atoms with Crippen molar-refractivity contribution in [1.29, 1.82) is 0 Å². The van der Waals surface area contributed by atoms with E-state index in [0.717, 1.165) is 17.5 Å². The van der Waals surface area contributed by atoms with Crippen molar-refractivity contribution in [3.8, 4) is 0 Å². The molecule has 1 unspecified atom stereocenters. The molecule has 5 rings (SSSR count). The van der Waals surface area contributed by atoms with E-state index in [0.29, 0.717) is 40.9 Å². The van der Waals surface area contributed by atoms with E-state index in [9.17, 15) is 22.8 Å². The second-order valence-electron chi connectivity index (χ2n) is 8.92. The summed E-state index contributed by atoms with van der Waals surface area (Å²) >= 11 is 6.44. The van der Waals surface area contributed by atoms with Crippen molar-refractivity contribution in [3.05, 3.63) is 99.1 Å². The molecule has 4 aromatic rings. The molecule has 3 heterocycles. The van der Waals surface area contributed by atoms with E-state index in [2.05, 4.69) is 15.3 Å². The van der Waals surface area contributed by atoms with Gasteiger partial charge < -0.3 is 10.2 Å². The number of hydrogen-bond acceptors (Lipinski definition) is 5.